The van der Waals surface area contributed by atoms with Crippen molar-refractivity contribution in [2.75, 3.05) is 17.8 Å². The molecule has 0 unspecified atom stereocenters. The molecular formula is C22H21N3O2S. The van der Waals surface area contributed by atoms with E-state index >= 15 is 0 Å². The number of hydrazine groups is 1. The predicted octanol–water partition coefficient (Wildman–Crippen LogP) is 3.83. The zero-order valence-corrected chi connectivity index (χ0v) is 16.6. The summed E-state index contributed by atoms with van der Waals surface area (Å²) in [4.78, 5) is 4.88. The molecule has 0 amide bonds. The van der Waals surface area contributed by atoms with Crippen molar-refractivity contribution in [1.29, 1.82) is 0 Å². The highest BCUT2D eigenvalue weighted by Gasteiger charge is 2.16. The summed E-state index contributed by atoms with van der Waals surface area (Å²) in [5.41, 5.74) is 8.63. The Morgan fingerprint density at radius 1 is 0.929 bits per heavy atom. The molecule has 0 bridgehead atoms. The highest BCUT2D eigenvalue weighted by Crippen LogP contribution is 2.27. The Bertz CT molecular complexity index is 1150. The minimum Gasteiger partial charge on any atom is -0.266 e. The van der Waals surface area contributed by atoms with Gasteiger partial charge in [0.15, 0.2) is 9.84 Å². The maximum atomic E-state index is 11.7. The predicted molar refractivity (Wildman–Crippen MR) is 112 cm³/mol. The Hall–Kier alpha value is -2.96. The second-order valence-corrected chi connectivity index (χ2v) is 8.89. The van der Waals surface area contributed by atoms with Crippen molar-refractivity contribution in [1.82, 2.24) is 10.4 Å². The summed E-state index contributed by atoms with van der Waals surface area (Å²) >= 11 is 0. The topological polar surface area (TPSA) is 62.3 Å². The molecule has 142 valence electrons. The number of hydrogen-bond acceptors (Lipinski definition) is 5. The van der Waals surface area contributed by atoms with Gasteiger partial charge in [0.05, 0.1) is 4.90 Å². The molecule has 0 atom stereocenters. The van der Waals surface area contributed by atoms with Gasteiger partial charge < -0.3 is 0 Å². The zero-order chi connectivity index (χ0) is 19.7. The van der Waals surface area contributed by atoms with E-state index in [9.17, 15) is 8.42 Å². The van der Waals surface area contributed by atoms with Crippen LogP contribution in [-0.4, -0.2) is 26.2 Å². The molecule has 4 rings (SSSR count). The molecule has 1 aliphatic rings. The average molecular weight is 391 g/mol. The first-order valence-electron chi connectivity index (χ1n) is 8.98. The largest absolute Gasteiger partial charge is 0.266 e. The summed E-state index contributed by atoms with van der Waals surface area (Å²) in [6.07, 6.45) is 3.28. The van der Waals surface area contributed by atoms with Gasteiger partial charge in [0.25, 0.3) is 0 Å². The van der Waals surface area contributed by atoms with Crippen molar-refractivity contribution in [2.24, 2.45) is 0 Å². The third-order valence-corrected chi connectivity index (χ3v) is 5.82. The second kappa shape index (κ2) is 7.22. The highest BCUT2D eigenvalue weighted by molar-refractivity contribution is 7.90. The van der Waals surface area contributed by atoms with E-state index in [0.29, 0.717) is 11.4 Å². The van der Waals surface area contributed by atoms with Gasteiger partial charge in [-0.3, -0.25) is 5.01 Å². The molecule has 3 aromatic rings. The van der Waals surface area contributed by atoms with Crippen molar-refractivity contribution in [3.05, 3.63) is 84.2 Å². The number of hydrogen-bond donors (Lipinski definition) is 1. The third-order valence-electron chi connectivity index (χ3n) is 4.69. The van der Waals surface area contributed by atoms with Crippen LogP contribution in [0.2, 0.25) is 0 Å². The fourth-order valence-corrected chi connectivity index (χ4v) is 3.83. The molecule has 2 aromatic carbocycles. The molecule has 6 heteroatoms. The zero-order valence-electron chi connectivity index (χ0n) is 15.8. The van der Waals surface area contributed by atoms with Crippen LogP contribution in [0.5, 0.6) is 0 Å². The Kier molecular flexibility index (Phi) is 4.75. The monoisotopic (exact) mass is 391 g/mol. The number of pyridine rings is 1. The van der Waals surface area contributed by atoms with Crippen LogP contribution in [0.25, 0.3) is 16.7 Å². The number of rotatable bonds is 4. The van der Waals surface area contributed by atoms with Crippen LogP contribution in [0, 0.1) is 6.92 Å². The number of anilines is 1. The van der Waals surface area contributed by atoms with E-state index in [-0.39, 0.29) is 0 Å². The van der Waals surface area contributed by atoms with Gasteiger partial charge in [-0.25, -0.2) is 18.8 Å². The van der Waals surface area contributed by atoms with E-state index in [2.05, 4.69) is 28.7 Å². The number of benzene rings is 2. The number of nitrogens with zero attached hydrogens (tertiary/aromatic N) is 2. The Morgan fingerprint density at radius 2 is 1.64 bits per heavy atom. The van der Waals surface area contributed by atoms with Crippen molar-refractivity contribution < 1.29 is 8.42 Å². The summed E-state index contributed by atoms with van der Waals surface area (Å²) in [6.45, 7) is 2.69. The maximum absolute atomic E-state index is 11.7. The van der Waals surface area contributed by atoms with E-state index < -0.39 is 9.84 Å². The molecule has 28 heavy (non-hydrogen) atoms. The summed E-state index contributed by atoms with van der Waals surface area (Å²) in [5, 5.41) is 1.94. The van der Waals surface area contributed by atoms with Gasteiger partial charge in [-0.15, -0.1) is 0 Å². The first kappa shape index (κ1) is 18.4. The lowest BCUT2D eigenvalue weighted by molar-refractivity contribution is 0.602. The molecule has 0 saturated heterocycles. The molecule has 0 aliphatic carbocycles. The van der Waals surface area contributed by atoms with E-state index in [4.69, 9.17) is 0 Å². The minimum absolute atomic E-state index is 0.330. The SMILES string of the molecule is Cc1cccc(N2C=C(c3cccc(-c4ccc(S(C)(=O)=O)cc4)c3)CN2)n1. The number of aromatic nitrogens is 1. The van der Waals surface area contributed by atoms with Crippen LogP contribution in [0.15, 0.2) is 77.8 Å². The summed E-state index contributed by atoms with van der Waals surface area (Å²) in [5.74, 6) is 0.863. The fourth-order valence-electron chi connectivity index (χ4n) is 3.20. The first-order valence-corrected chi connectivity index (χ1v) is 10.9. The molecule has 2 heterocycles. The van der Waals surface area contributed by atoms with Crippen LogP contribution in [0.3, 0.4) is 0 Å². The standard InChI is InChI=1S/C22H21N3O2S/c1-16-5-3-8-22(24-16)25-15-20(14-23-25)19-7-4-6-18(13-19)17-9-11-21(12-10-17)28(2,26)27/h3-13,15,23H,14H2,1-2H3. The van der Waals surface area contributed by atoms with Gasteiger partial charge in [0.1, 0.15) is 5.82 Å². The molecule has 1 aromatic heterocycles. The van der Waals surface area contributed by atoms with Gasteiger partial charge in [-0.05, 0) is 59.5 Å². The van der Waals surface area contributed by atoms with Crippen LogP contribution in [-0.2, 0) is 9.84 Å². The van der Waals surface area contributed by atoms with Crippen molar-refractivity contribution in [3.8, 4) is 11.1 Å². The van der Waals surface area contributed by atoms with E-state index in [0.717, 1.165) is 33.8 Å². The van der Waals surface area contributed by atoms with Crippen molar-refractivity contribution >= 4 is 21.2 Å². The van der Waals surface area contributed by atoms with E-state index in [1.165, 1.54) is 6.26 Å². The van der Waals surface area contributed by atoms with Crippen LogP contribution < -0.4 is 10.4 Å². The number of sulfone groups is 1. The van der Waals surface area contributed by atoms with Gasteiger partial charge in [0.2, 0.25) is 0 Å². The number of aryl methyl sites for hydroxylation is 1. The second-order valence-electron chi connectivity index (χ2n) is 6.87. The molecule has 0 saturated carbocycles. The molecule has 0 radical (unpaired) electrons. The van der Waals surface area contributed by atoms with E-state index in [1.807, 2.05) is 54.4 Å². The third kappa shape index (κ3) is 3.83. The Morgan fingerprint density at radius 3 is 2.36 bits per heavy atom. The fraction of sp³-hybridized carbons (Fsp3) is 0.136. The minimum atomic E-state index is -3.19. The first-order chi connectivity index (χ1) is 13.4. The lowest BCUT2D eigenvalue weighted by atomic mass is 10.00. The molecule has 0 fully saturated rings. The van der Waals surface area contributed by atoms with Gasteiger partial charge in [-0.2, -0.15) is 0 Å². The normalized spacial score (nSPS) is 14.2. The molecule has 5 nitrogen and oxygen atoms in total. The van der Waals surface area contributed by atoms with Crippen LogP contribution >= 0.6 is 0 Å². The lowest BCUT2D eigenvalue weighted by Crippen LogP contribution is -2.29. The van der Waals surface area contributed by atoms with Crippen LogP contribution in [0.4, 0.5) is 5.82 Å². The Labute approximate surface area is 165 Å². The summed E-state index contributed by atoms with van der Waals surface area (Å²) < 4.78 is 23.3. The Balaban J connectivity index is 1.61. The number of nitrogens with one attached hydrogen (secondary N) is 1. The van der Waals surface area contributed by atoms with Crippen molar-refractivity contribution in [2.45, 2.75) is 11.8 Å². The maximum Gasteiger partial charge on any atom is 0.175 e. The lowest BCUT2D eigenvalue weighted by Gasteiger charge is -2.14. The van der Waals surface area contributed by atoms with Gasteiger partial charge in [-0.1, -0.05) is 36.4 Å². The smallest absolute Gasteiger partial charge is 0.175 e. The van der Waals surface area contributed by atoms with Crippen molar-refractivity contribution in [3.63, 3.8) is 0 Å². The average Bonchev–Trinajstić information content (AvgIpc) is 3.18. The van der Waals surface area contributed by atoms with Crippen LogP contribution in [0.1, 0.15) is 11.3 Å². The van der Waals surface area contributed by atoms with Gasteiger partial charge in [0, 0.05) is 24.7 Å². The van der Waals surface area contributed by atoms with Gasteiger partial charge >= 0.3 is 0 Å². The highest BCUT2D eigenvalue weighted by atomic mass is 32.2. The quantitative estimate of drug-likeness (QED) is 0.732. The molecule has 1 aliphatic heterocycles. The molecular weight excluding hydrogens is 370 g/mol. The summed E-state index contributed by atoms with van der Waals surface area (Å²) in [6, 6.07) is 21.2. The molecule has 1 N–H and O–H groups in total. The summed E-state index contributed by atoms with van der Waals surface area (Å²) in [7, 11) is -3.19. The van der Waals surface area contributed by atoms with E-state index in [1.54, 1.807) is 12.1 Å². The molecule has 0 spiro atoms.